The van der Waals surface area contributed by atoms with Gasteiger partial charge in [0, 0.05) is 68.3 Å². The number of phenolic OH excluding ortho intramolecular Hbond substituents is 2. The second-order valence-corrected chi connectivity index (χ2v) is 24.4. The van der Waals surface area contributed by atoms with Crippen LogP contribution in [0.1, 0.15) is 130 Å². The lowest BCUT2D eigenvalue weighted by Gasteiger charge is -2.27. The van der Waals surface area contributed by atoms with Gasteiger partial charge in [-0.2, -0.15) is 0 Å². The van der Waals surface area contributed by atoms with E-state index in [0.29, 0.717) is 13.1 Å². The van der Waals surface area contributed by atoms with Crippen LogP contribution in [-0.2, 0) is 34.7 Å². The first-order chi connectivity index (χ1) is 33.8. The summed E-state index contributed by atoms with van der Waals surface area (Å²) >= 11 is 0. The van der Waals surface area contributed by atoms with E-state index in [4.69, 9.17) is 4.98 Å². The molecule has 5 nitrogen and oxygen atoms in total. The van der Waals surface area contributed by atoms with Crippen LogP contribution in [0.4, 0.5) is 0 Å². The van der Waals surface area contributed by atoms with Crippen molar-refractivity contribution >= 4 is 21.8 Å². The second-order valence-electron chi connectivity index (χ2n) is 24.4. The third-order valence-corrected chi connectivity index (χ3v) is 14.8. The van der Waals surface area contributed by atoms with E-state index in [-0.39, 0.29) is 33.2 Å². The Bertz CT molecular complexity index is 3270. The molecular formula is C67H75N3O2. The SMILES string of the molecule is CCn1c(-c2cc(C)cc(-c3cc(C(C)(C)C)cc(C(C)(C)C)c3)c2O)c(-c2cccc(-c3c(-c4cc(C)cc(-c5cc(C(C)(C)C)cc(C(C)(C)C)c5)c4O)n(CC)c4ccccc34)n2)c2ccccc21. The summed E-state index contributed by atoms with van der Waals surface area (Å²) in [4.78, 5) is 5.71. The van der Waals surface area contributed by atoms with Gasteiger partial charge in [-0.15, -0.1) is 0 Å². The minimum atomic E-state index is -0.0886. The maximum atomic E-state index is 12.9. The van der Waals surface area contributed by atoms with Crippen LogP contribution in [0.2, 0.25) is 0 Å². The molecule has 0 saturated carbocycles. The van der Waals surface area contributed by atoms with Gasteiger partial charge < -0.3 is 19.3 Å². The zero-order chi connectivity index (χ0) is 52.0. The molecule has 0 aliphatic carbocycles. The Labute approximate surface area is 429 Å². The first-order valence-electron chi connectivity index (χ1n) is 26.0. The van der Waals surface area contributed by atoms with Gasteiger partial charge in [0.1, 0.15) is 11.5 Å². The molecule has 6 aromatic carbocycles. The first-order valence-corrected chi connectivity index (χ1v) is 26.0. The van der Waals surface area contributed by atoms with Crippen molar-refractivity contribution < 1.29 is 10.2 Å². The number of phenols is 2. The van der Waals surface area contributed by atoms with Gasteiger partial charge in [-0.05, 0) is 142 Å². The van der Waals surface area contributed by atoms with Crippen molar-refractivity contribution in [3.8, 4) is 78.8 Å². The minimum absolute atomic E-state index is 0.0886. The van der Waals surface area contributed by atoms with Crippen molar-refractivity contribution in [1.82, 2.24) is 14.1 Å². The number of hydrogen-bond donors (Lipinski definition) is 2. The van der Waals surface area contributed by atoms with Crippen molar-refractivity contribution in [2.75, 3.05) is 0 Å². The van der Waals surface area contributed by atoms with E-state index in [1.165, 1.54) is 22.3 Å². The number of benzene rings is 6. The molecule has 0 saturated heterocycles. The number of rotatable bonds is 8. The number of pyridine rings is 1. The predicted octanol–water partition coefficient (Wildman–Crippen LogP) is 18.3. The summed E-state index contributed by atoms with van der Waals surface area (Å²) in [7, 11) is 0. The summed E-state index contributed by atoms with van der Waals surface area (Å²) in [6.07, 6.45) is 0. The monoisotopic (exact) mass is 954 g/mol. The van der Waals surface area contributed by atoms with E-state index in [1.54, 1.807) is 0 Å². The zero-order valence-corrected chi connectivity index (χ0v) is 45.8. The molecule has 5 heteroatoms. The van der Waals surface area contributed by atoms with Crippen molar-refractivity contribution in [3.63, 3.8) is 0 Å². The molecule has 0 aliphatic rings. The van der Waals surface area contributed by atoms with Crippen molar-refractivity contribution in [2.24, 2.45) is 0 Å². The largest absolute Gasteiger partial charge is 0.507 e. The Morgan fingerprint density at radius 1 is 0.403 bits per heavy atom. The van der Waals surface area contributed by atoms with Crippen LogP contribution in [0, 0.1) is 13.8 Å². The van der Waals surface area contributed by atoms with Gasteiger partial charge in [0.2, 0.25) is 0 Å². The summed E-state index contributed by atoms with van der Waals surface area (Å²) < 4.78 is 4.67. The smallest absolute Gasteiger partial charge is 0.132 e. The van der Waals surface area contributed by atoms with Crippen LogP contribution in [0.3, 0.4) is 0 Å². The summed E-state index contributed by atoms with van der Waals surface area (Å²) in [5.74, 6) is 0.506. The number of hydrogen-bond acceptors (Lipinski definition) is 3. The van der Waals surface area contributed by atoms with Crippen LogP contribution in [0.5, 0.6) is 11.5 Å². The van der Waals surface area contributed by atoms with Crippen LogP contribution >= 0.6 is 0 Å². The molecular weight excluding hydrogens is 879 g/mol. The fraction of sp³-hybridized carbons (Fsp3) is 0.328. The Morgan fingerprint density at radius 3 is 1.04 bits per heavy atom. The molecule has 72 heavy (non-hydrogen) atoms. The van der Waals surface area contributed by atoms with Crippen LogP contribution in [0.15, 0.2) is 127 Å². The minimum Gasteiger partial charge on any atom is -0.507 e. The average Bonchev–Trinajstić information content (AvgIpc) is 3.84. The van der Waals surface area contributed by atoms with E-state index in [1.807, 2.05) is 0 Å². The number of aromatic hydroxyl groups is 2. The molecule has 0 radical (unpaired) electrons. The predicted molar refractivity (Wildman–Crippen MR) is 307 cm³/mol. The molecule has 3 aromatic heterocycles. The van der Waals surface area contributed by atoms with Gasteiger partial charge in [0.05, 0.1) is 22.8 Å². The lowest BCUT2D eigenvalue weighted by atomic mass is 9.78. The number of aromatic nitrogens is 3. The topological polar surface area (TPSA) is 63.2 Å². The van der Waals surface area contributed by atoms with E-state index < -0.39 is 0 Å². The molecule has 9 aromatic rings. The van der Waals surface area contributed by atoms with Crippen molar-refractivity contribution in [2.45, 2.75) is 146 Å². The van der Waals surface area contributed by atoms with Crippen molar-refractivity contribution in [3.05, 3.63) is 161 Å². The highest BCUT2D eigenvalue weighted by molar-refractivity contribution is 6.08. The van der Waals surface area contributed by atoms with Gasteiger partial charge in [-0.1, -0.05) is 162 Å². The third-order valence-electron chi connectivity index (χ3n) is 14.8. The first kappa shape index (κ1) is 50.1. The lowest BCUT2D eigenvalue weighted by molar-refractivity contribution is 0.478. The highest BCUT2D eigenvalue weighted by atomic mass is 16.3. The maximum Gasteiger partial charge on any atom is 0.132 e. The van der Waals surface area contributed by atoms with E-state index in [2.05, 4.69) is 247 Å². The molecule has 0 spiro atoms. The molecule has 0 bridgehead atoms. The van der Waals surface area contributed by atoms with Crippen LogP contribution < -0.4 is 0 Å². The van der Waals surface area contributed by atoms with Gasteiger partial charge >= 0.3 is 0 Å². The van der Waals surface area contributed by atoms with Crippen LogP contribution in [-0.4, -0.2) is 24.3 Å². The molecule has 0 aliphatic heterocycles. The Balaban J connectivity index is 1.30. The summed E-state index contributed by atoms with van der Waals surface area (Å²) in [5, 5.41) is 27.9. The molecule has 0 atom stereocenters. The number of nitrogens with zero attached hydrogens (tertiary/aromatic N) is 3. The summed E-state index contributed by atoms with van der Waals surface area (Å²) in [5.41, 5.74) is 19.5. The molecule has 9 rings (SSSR count). The van der Waals surface area contributed by atoms with Gasteiger partial charge in [0.25, 0.3) is 0 Å². The fourth-order valence-corrected chi connectivity index (χ4v) is 10.7. The molecule has 370 valence electrons. The van der Waals surface area contributed by atoms with Gasteiger partial charge in [-0.3, -0.25) is 0 Å². The number of fused-ring (bicyclic) bond motifs is 2. The quantitative estimate of drug-likeness (QED) is 0.160. The van der Waals surface area contributed by atoms with Crippen LogP contribution in [0.25, 0.3) is 89.1 Å². The standard InChI is InChI=1S/C67H75N3O2/c1-17-69-56-28-21-19-24-48(56)58(60(69)52-32-40(3)30-50(62(52)71)42-34-44(64(5,6)7)38-45(35-42)65(8,9)10)54-26-23-27-55(68-54)59-49-25-20-22-29-57(49)70(18-2)61(59)53-33-41(4)31-51(63(53)72)43-36-46(66(11,12)13)39-47(37-43)67(14,15)16/h19-39,71-72H,17-18H2,1-16H3. The lowest BCUT2D eigenvalue weighted by Crippen LogP contribution is -2.16. The van der Waals surface area contributed by atoms with Crippen molar-refractivity contribution in [1.29, 1.82) is 0 Å². The molecule has 3 heterocycles. The Morgan fingerprint density at radius 2 is 0.722 bits per heavy atom. The number of para-hydroxylation sites is 2. The zero-order valence-electron chi connectivity index (χ0n) is 45.8. The third kappa shape index (κ3) is 8.94. The normalized spacial score (nSPS) is 12.7. The average molecular weight is 954 g/mol. The van der Waals surface area contributed by atoms with Gasteiger partial charge in [0.15, 0.2) is 0 Å². The van der Waals surface area contributed by atoms with E-state index in [9.17, 15) is 10.2 Å². The molecule has 0 unspecified atom stereocenters. The molecule has 2 N–H and O–H groups in total. The second kappa shape index (κ2) is 18.0. The van der Waals surface area contributed by atoms with E-state index >= 15 is 0 Å². The fourth-order valence-electron chi connectivity index (χ4n) is 10.7. The summed E-state index contributed by atoms with van der Waals surface area (Å²) in [6, 6.07) is 45.7. The molecule has 0 amide bonds. The highest BCUT2D eigenvalue weighted by Gasteiger charge is 2.30. The number of aryl methyl sites for hydroxylation is 4. The Kier molecular flexibility index (Phi) is 12.5. The van der Waals surface area contributed by atoms with E-state index in [0.717, 1.165) is 100 Å². The van der Waals surface area contributed by atoms with Gasteiger partial charge in [-0.25, -0.2) is 4.98 Å². The summed E-state index contributed by atoms with van der Waals surface area (Å²) in [6.45, 7) is 37.1. The maximum absolute atomic E-state index is 12.9. The Hall–Kier alpha value is -6.85. The highest BCUT2D eigenvalue weighted by Crippen LogP contribution is 2.51. The molecule has 0 fully saturated rings.